The van der Waals surface area contributed by atoms with Gasteiger partial charge in [0.1, 0.15) is 5.76 Å². The van der Waals surface area contributed by atoms with E-state index in [2.05, 4.69) is 18.3 Å². The van der Waals surface area contributed by atoms with Gasteiger partial charge in [0.05, 0.1) is 18.2 Å². The summed E-state index contributed by atoms with van der Waals surface area (Å²) in [5, 5.41) is 3.68. The minimum atomic E-state index is -0.0589. The summed E-state index contributed by atoms with van der Waals surface area (Å²) in [5.41, 5.74) is -0.0589. The highest BCUT2D eigenvalue weighted by molar-refractivity contribution is 5.14. The van der Waals surface area contributed by atoms with Crippen LogP contribution in [0.1, 0.15) is 58.3 Å². The van der Waals surface area contributed by atoms with Crippen LogP contribution in [0.2, 0.25) is 0 Å². The lowest BCUT2D eigenvalue weighted by Crippen LogP contribution is -2.55. The largest absolute Gasteiger partial charge is 0.496 e. The average molecular weight is 267 g/mol. The van der Waals surface area contributed by atoms with Gasteiger partial charge < -0.3 is 14.8 Å². The third-order valence-corrected chi connectivity index (χ3v) is 4.48. The van der Waals surface area contributed by atoms with Crippen LogP contribution in [0.4, 0.5) is 0 Å². The van der Waals surface area contributed by atoms with E-state index in [1.807, 2.05) is 7.11 Å². The van der Waals surface area contributed by atoms with Crippen LogP contribution in [0.25, 0.3) is 0 Å². The highest BCUT2D eigenvalue weighted by atomic mass is 16.5. The lowest BCUT2D eigenvalue weighted by Gasteiger charge is -2.44. The fourth-order valence-electron chi connectivity index (χ4n) is 3.37. The zero-order valence-corrected chi connectivity index (χ0v) is 12.5. The van der Waals surface area contributed by atoms with E-state index < -0.39 is 0 Å². The normalized spacial score (nSPS) is 24.4. The molecule has 1 atom stereocenters. The second-order valence-electron chi connectivity index (χ2n) is 5.81. The van der Waals surface area contributed by atoms with Gasteiger partial charge in [-0.2, -0.15) is 0 Å². The molecule has 0 aromatic carbocycles. The summed E-state index contributed by atoms with van der Waals surface area (Å²) in [6.07, 6.45) is 11.9. The Morgan fingerprint density at radius 3 is 2.68 bits per heavy atom. The summed E-state index contributed by atoms with van der Waals surface area (Å²) in [6, 6.07) is 0.234. The van der Waals surface area contributed by atoms with Gasteiger partial charge in [0.15, 0.2) is 0 Å². The van der Waals surface area contributed by atoms with Crippen LogP contribution in [-0.4, -0.2) is 31.9 Å². The zero-order valence-electron chi connectivity index (χ0n) is 12.5. The molecule has 110 valence electrons. The van der Waals surface area contributed by atoms with Crippen molar-refractivity contribution in [1.29, 1.82) is 0 Å². The molecule has 0 aromatic heterocycles. The molecule has 1 heterocycles. The van der Waals surface area contributed by atoms with Crippen LogP contribution in [-0.2, 0) is 9.47 Å². The smallest absolute Gasteiger partial charge is 0.112 e. The molecule has 0 bridgehead atoms. The highest BCUT2D eigenvalue weighted by Gasteiger charge is 2.42. The van der Waals surface area contributed by atoms with Crippen LogP contribution < -0.4 is 5.32 Å². The van der Waals surface area contributed by atoms with Crippen molar-refractivity contribution in [2.24, 2.45) is 0 Å². The Balaban J connectivity index is 2.16. The third kappa shape index (κ3) is 3.51. The molecule has 0 aromatic rings. The second kappa shape index (κ2) is 7.30. The molecule has 0 radical (unpaired) electrons. The van der Waals surface area contributed by atoms with Gasteiger partial charge in [-0.05, 0) is 44.7 Å². The van der Waals surface area contributed by atoms with Gasteiger partial charge in [0, 0.05) is 7.11 Å². The molecule has 1 saturated carbocycles. The first kappa shape index (κ1) is 14.9. The van der Waals surface area contributed by atoms with Gasteiger partial charge in [-0.1, -0.05) is 26.2 Å². The molecule has 3 nitrogen and oxygen atoms in total. The van der Waals surface area contributed by atoms with Gasteiger partial charge in [-0.3, -0.25) is 0 Å². The van der Waals surface area contributed by atoms with Crippen LogP contribution in [0.3, 0.4) is 0 Å². The fourth-order valence-corrected chi connectivity index (χ4v) is 3.37. The molecule has 0 amide bonds. The molecular formula is C16H29NO2. The Hall–Kier alpha value is -0.540. The van der Waals surface area contributed by atoms with E-state index in [0.29, 0.717) is 0 Å². The summed E-state index contributed by atoms with van der Waals surface area (Å²) < 4.78 is 11.9. The molecule has 2 rings (SSSR count). The number of nitrogens with one attached hydrogen (secondary N) is 1. The van der Waals surface area contributed by atoms with E-state index in [4.69, 9.17) is 9.47 Å². The molecule has 2 aliphatic rings. The number of allylic oxidation sites excluding steroid dienone is 1. The maximum Gasteiger partial charge on any atom is 0.112 e. The molecule has 3 heteroatoms. The first-order valence-electron chi connectivity index (χ1n) is 7.94. The van der Waals surface area contributed by atoms with Crippen molar-refractivity contribution in [3.8, 4) is 0 Å². The molecule has 1 fully saturated rings. The molecular weight excluding hydrogens is 238 g/mol. The maximum atomic E-state index is 6.01. The third-order valence-electron chi connectivity index (χ3n) is 4.48. The lowest BCUT2D eigenvalue weighted by atomic mass is 9.78. The summed E-state index contributed by atoms with van der Waals surface area (Å²) in [4.78, 5) is 0. The van der Waals surface area contributed by atoms with E-state index in [1.54, 1.807) is 0 Å². The van der Waals surface area contributed by atoms with Gasteiger partial charge >= 0.3 is 0 Å². The van der Waals surface area contributed by atoms with E-state index in [0.717, 1.165) is 51.0 Å². The standard InChI is InChI=1S/C16H29NO2/c1-3-12-17-15(14-9-5-8-13-19-14)16(18-2)10-6-4-7-11-16/h9,15,17H,3-8,10-13H2,1-2H3. The van der Waals surface area contributed by atoms with E-state index >= 15 is 0 Å². The second-order valence-corrected chi connectivity index (χ2v) is 5.81. The van der Waals surface area contributed by atoms with Crippen LogP contribution >= 0.6 is 0 Å². The van der Waals surface area contributed by atoms with E-state index in [-0.39, 0.29) is 11.6 Å². The molecule has 19 heavy (non-hydrogen) atoms. The SMILES string of the molecule is CCCNC(C1=CCCCO1)C1(OC)CCCCC1. The van der Waals surface area contributed by atoms with Gasteiger partial charge in [0.2, 0.25) is 0 Å². The zero-order chi connectivity index (χ0) is 13.6. The van der Waals surface area contributed by atoms with Crippen molar-refractivity contribution in [1.82, 2.24) is 5.32 Å². The van der Waals surface area contributed by atoms with Gasteiger partial charge in [-0.15, -0.1) is 0 Å². The van der Waals surface area contributed by atoms with Crippen molar-refractivity contribution in [3.05, 3.63) is 11.8 Å². The molecule has 1 unspecified atom stereocenters. The average Bonchev–Trinajstić information content (AvgIpc) is 2.49. The summed E-state index contributed by atoms with van der Waals surface area (Å²) >= 11 is 0. The van der Waals surface area contributed by atoms with E-state index in [9.17, 15) is 0 Å². The highest BCUT2D eigenvalue weighted by Crippen LogP contribution is 2.37. The van der Waals surface area contributed by atoms with Crippen LogP contribution in [0.15, 0.2) is 11.8 Å². The Bertz CT molecular complexity index is 295. The van der Waals surface area contributed by atoms with Crippen LogP contribution in [0.5, 0.6) is 0 Å². The van der Waals surface area contributed by atoms with Crippen molar-refractivity contribution >= 4 is 0 Å². The molecule has 1 aliphatic carbocycles. The fraction of sp³-hybridized carbons (Fsp3) is 0.875. The Kier molecular flexibility index (Phi) is 5.71. The maximum absolute atomic E-state index is 6.01. The topological polar surface area (TPSA) is 30.5 Å². The van der Waals surface area contributed by atoms with Crippen molar-refractivity contribution in [2.45, 2.75) is 69.9 Å². The van der Waals surface area contributed by atoms with Gasteiger partial charge in [0.25, 0.3) is 0 Å². The monoisotopic (exact) mass is 267 g/mol. The number of ether oxygens (including phenoxy) is 2. The molecule has 1 aliphatic heterocycles. The predicted molar refractivity (Wildman–Crippen MR) is 78.2 cm³/mol. The minimum absolute atomic E-state index is 0.0589. The van der Waals surface area contributed by atoms with Crippen molar-refractivity contribution in [3.63, 3.8) is 0 Å². The number of hydrogen-bond acceptors (Lipinski definition) is 3. The number of hydrogen-bond donors (Lipinski definition) is 1. The van der Waals surface area contributed by atoms with Gasteiger partial charge in [-0.25, -0.2) is 0 Å². The van der Waals surface area contributed by atoms with E-state index in [1.165, 1.54) is 19.3 Å². The number of methoxy groups -OCH3 is 1. The lowest BCUT2D eigenvalue weighted by molar-refractivity contribution is -0.0712. The summed E-state index contributed by atoms with van der Waals surface area (Å²) in [5.74, 6) is 1.13. The Labute approximate surface area is 117 Å². The predicted octanol–water partition coefficient (Wildman–Crippen LogP) is 3.40. The molecule has 0 spiro atoms. The summed E-state index contributed by atoms with van der Waals surface area (Å²) in [7, 11) is 1.87. The summed E-state index contributed by atoms with van der Waals surface area (Å²) in [6.45, 7) is 4.09. The van der Waals surface area contributed by atoms with Crippen LogP contribution in [0, 0.1) is 0 Å². The first-order valence-corrected chi connectivity index (χ1v) is 7.94. The Morgan fingerprint density at radius 2 is 2.11 bits per heavy atom. The minimum Gasteiger partial charge on any atom is -0.496 e. The van der Waals surface area contributed by atoms with Crippen molar-refractivity contribution < 1.29 is 9.47 Å². The molecule has 1 N–H and O–H groups in total. The number of rotatable bonds is 6. The Morgan fingerprint density at radius 1 is 1.32 bits per heavy atom. The molecule has 0 saturated heterocycles. The quantitative estimate of drug-likeness (QED) is 0.800. The van der Waals surface area contributed by atoms with Crippen molar-refractivity contribution in [2.75, 3.05) is 20.3 Å². The first-order chi connectivity index (χ1) is 9.32.